The predicted molar refractivity (Wildman–Crippen MR) is 49.0 cm³/mol. The summed E-state index contributed by atoms with van der Waals surface area (Å²) in [5.74, 6) is 4.27. The Morgan fingerprint density at radius 1 is 1.58 bits per heavy atom. The first-order valence-electron chi connectivity index (χ1n) is 4.48. The zero-order chi connectivity index (χ0) is 8.55. The van der Waals surface area contributed by atoms with E-state index in [4.69, 9.17) is 4.74 Å². The van der Waals surface area contributed by atoms with Crippen LogP contribution in [0.2, 0.25) is 0 Å². The van der Waals surface area contributed by atoms with Gasteiger partial charge in [0.05, 0.1) is 13.0 Å². The van der Waals surface area contributed by atoms with Crippen molar-refractivity contribution < 1.29 is 9.53 Å². The summed E-state index contributed by atoms with van der Waals surface area (Å²) >= 11 is 2.02. The first-order valence-corrected chi connectivity index (χ1v) is 5.64. The molecular formula is C9H14O2S. The van der Waals surface area contributed by atoms with E-state index in [0.29, 0.717) is 5.92 Å². The summed E-state index contributed by atoms with van der Waals surface area (Å²) in [7, 11) is 1.49. The van der Waals surface area contributed by atoms with Crippen LogP contribution in [0, 0.1) is 17.8 Å². The Kier molecular flexibility index (Phi) is 2.31. The van der Waals surface area contributed by atoms with E-state index in [9.17, 15) is 4.79 Å². The number of ether oxygens (including phenoxy) is 1. The van der Waals surface area contributed by atoms with E-state index in [1.165, 1.54) is 25.0 Å². The molecule has 3 heteroatoms. The topological polar surface area (TPSA) is 26.3 Å². The highest BCUT2D eigenvalue weighted by atomic mass is 32.2. The minimum Gasteiger partial charge on any atom is -0.469 e. The summed E-state index contributed by atoms with van der Waals surface area (Å²) in [4.78, 5) is 11.1. The molecule has 1 saturated heterocycles. The average Bonchev–Trinajstić information content (AvgIpc) is 2.71. The van der Waals surface area contributed by atoms with Crippen LogP contribution in [0.3, 0.4) is 0 Å². The Labute approximate surface area is 77.0 Å². The first kappa shape index (κ1) is 8.42. The third-order valence-electron chi connectivity index (χ3n) is 2.91. The van der Waals surface area contributed by atoms with Crippen molar-refractivity contribution in [3.8, 4) is 0 Å². The summed E-state index contributed by atoms with van der Waals surface area (Å²) in [6.07, 6.45) is 2.39. The van der Waals surface area contributed by atoms with Crippen LogP contribution in [0.4, 0.5) is 0 Å². The van der Waals surface area contributed by atoms with Gasteiger partial charge in [0, 0.05) is 0 Å². The summed E-state index contributed by atoms with van der Waals surface area (Å²) in [5.41, 5.74) is 0. The van der Waals surface area contributed by atoms with Gasteiger partial charge in [-0.3, -0.25) is 4.79 Å². The lowest BCUT2D eigenvalue weighted by Crippen LogP contribution is -2.09. The van der Waals surface area contributed by atoms with E-state index in [0.717, 1.165) is 12.3 Å². The van der Waals surface area contributed by atoms with Gasteiger partial charge in [-0.05, 0) is 36.2 Å². The average molecular weight is 186 g/mol. The SMILES string of the molecule is COC(=O)C1CC1C1CCSC1. The Hall–Kier alpha value is -0.180. The molecule has 3 unspecified atom stereocenters. The van der Waals surface area contributed by atoms with Crippen LogP contribution in [-0.4, -0.2) is 24.6 Å². The summed E-state index contributed by atoms with van der Waals surface area (Å²) in [5, 5.41) is 0. The molecule has 1 saturated carbocycles. The standard InChI is InChI=1S/C9H14O2S/c1-11-9(10)8-4-7(8)6-2-3-12-5-6/h6-8H,2-5H2,1H3. The number of carbonyl (C=O) groups excluding carboxylic acids is 1. The van der Waals surface area contributed by atoms with E-state index < -0.39 is 0 Å². The van der Waals surface area contributed by atoms with Gasteiger partial charge in [-0.1, -0.05) is 0 Å². The van der Waals surface area contributed by atoms with Crippen LogP contribution in [0.1, 0.15) is 12.8 Å². The molecular weight excluding hydrogens is 172 g/mol. The summed E-state index contributed by atoms with van der Waals surface area (Å²) < 4.78 is 4.72. The number of carbonyl (C=O) groups is 1. The van der Waals surface area contributed by atoms with E-state index in [-0.39, 0.29) is 11.9 Å². The molecule has 1 aliphatic heterocycles. The smallest absolute Gasteiger partial charge is 0.308 e. The maximum absolute atomic E-state index is 11.1. The van der Waals surface area contributed by atoms with Crippen LogP contribution in [-0.2, 0) is 9.53 Å². The highest BCUT2D eigenvalue weighted by Crippen LogP contribution is 2.49. The Morgan fingerprint density at radius 3 is 3.00 bits per heavy atom. The monoisotopic (exact) mass is 186 g/mol. The first-order chi connectivity index (χ1) is 5.83. The molecule has 0 amide bonds. The molecule has 0 aromatic heterocycles. The molecule has 3 atom stereocenters. The Balaban J connectivity index is 1.82. The number of rotatable bonds is 2. The summed E-state index contributed by atoms with van der Waals surface area (Å²) in [6, 6.07) is 0. The maximum atomic E-state index is 11.1. The van der Waals surface area contributed by atoms with Crippen molar-refractivity contribution in [2.24, 2.45) is 17.8 Å². The lowest BCUT2D eigenvalue weighted by molar-refractivity contribution is -0.142. The Morgan fingerprint density at radius 2 is 2.42 bits per heavy atom. The number of esters is 1. The molecule has 12 heavy (non-hydrogen) atoms. The number of thioether (sulfide) groups is 1. The van der Waals surface area contributed by atoms with Crippen molar-refractivity contribution in [2.45, 2.75) is 12.8 Å². The third-order valence-corrected chi connectivity index (χ3v) is 4.10. The van der Waals surface area contributed by atoms with Crippen molar-refractivity contribution in [3.05, 3.63) is 0 Å². The van der Waals surface area contributed by atoms with Gasteiger partial charge in [-0.2, -0.15) is 11.8 Å². The van der Waals surface area contributed by atoms with E-state index >= 15 is 0 Å². The van der Waals surface area contributed by atoms with E-state index in [1.54, 1.807) is 0 Å². The second kappa shape index (κ2) is 3.29. The molecule has 0 aromatic carbocycles. The Bertz CT molecular complexity index is 187. The fourth-order valence-corrected chi connectivity index (χ4v) is 3.40. The van der Waals surface area contributed by atoms with Crippen LogP contribution in [0.15, 0.2) is 0 Å². The minimum absolute atomic E-state index is 0.0110. The van der Waals surface area contributed by atoms with Gasteiger partial charge in [0.2, 0.25) is 0 Å². The maximum Gasteiger partial charge on any atom is 0.308 e. The second-order valence-corrected chi connectivity index (χ2v) is 4.80. The second-order valence-electron chi connectivity index (χ2n) is 3.65. The molecule has 0 bridgehead atoms. The van der Waals surface area contributed by atoms with Crippen molar-refractivity contribution in [1.29, 1.82) is 0 Å². The van der Waals surface area contributed by atoms with Gasteiger partial charge in [-0.15, -0.1) is 0 Å². The number of hydrogen-bond acceptors (Lipinski definition) is 3. The van der Waals surface area contributed by atoms with E-state index in [2.05, 4.69) is 0 Å². The molecule has 2 nitrogen and oxygen atoms in total. The van der Waals surface area contributed by atoms with Gasteiger partial charge in [0.15, 0.2) is 0 Å². The summed E-state index contributed by atoms with van der Waals surface area (Å²) in [6.45, 7) is 0. The van der Waals surface area contributed by atoms with Crippen molar-refractivity contribution in [1.82, 2.24) is 0 Å². The highest BCUT2D eigenvalue weighted by molar-refractivity contribution is 7.99. The van der Waals surface area contributed by atoms with Crippen LogP contribution < -0.4 is 0 Å². The largest absolute Gasteiger partial charge is 0.469 e. The molecule has 0 aromatic rings. The van der Waals surface area contributed by atoms with Gasteiger partial charge in [-0.25, -0.2) is 0 Å². The third kappa shape index (κ3) is 1.47. The zero-order valence-corrected chi connectivity index (χ0v) is 8.10. The van der Waals surface area contributed by atoms with Crippen LogP contribution in [0.5, 0.6) is 0 Å². The lowest BCUT2D eigenvalue weighted by atomic mass is 10.0. The van der Waals surface area contributed by atoms with Crippen molar-refractivity contribution >= 4 is 17.7 Å². The van der Waals surface area contributed by atoms with Crippen molar-refractivity contribution in [3.63, 3.8) is 0 Å². The molecule has 1 aliphatic carbocycles. The van der Waals surface area contributed by atoms with Gasteiger partial charge < -0.3 is 4.74 Å². The number of methoxy groups -OCH3 is 1. The molecule has 0 spiro atoms. The molecule has 0 N–H and O–H groups in total. The van der Waals surface area contributed by atoms with E-state index in [1.807, 2.05) is 11.8 Å². The van der Waals surface area contributed by atoms with Gasteiger partial charge in [0.1, 0.15) is 0 Å². The van der Waals surface area contributed by atoms with Crippen molar-refractivity contribution in [2.75, 3.05) is 18.6 Å². The highest BCUT2D eigenvalue weighted by Gasteiger charge is 2.48. The minimum atomic E-state index is 0.0110. The molecule has 68 valence electrons. The van der Waals surface area contributed by atoms with Crippen LogP contribution >= 0.6 is 11.8 Å². The fourth-order valence-electron chi connectivity index (χ4n) is 2.05. The van der Waals surface area contributed by atoms with Crippen LogP contribution in [0.25, 0.3) is 0 Å². The normalized spacial score (nSPS) is 39.6. The predicted octanol–water partition coefficient (Wildman–Crippen LogP) is 1.55. The molecule has 2 fully saturated rings. The molecule has 2 rings (SSSR count). The van der Waals surface area contributed by atoms with Gasteiger partial charge >= 0.3 is 5.97 Å². The zero-order valence-electron chi connectivity index (χ0n) is 7.29. The molecule has 0 radical (unpaired) electrons. The lowest BCUT2D eigenvalue weighted by Gasteiger charge is -2.05. The quantitative estimate of drug-likeness (QED) is 0.612. The molecule has 2 aliphatic rings. The number of hydrogen-bond donors (Lipinski definition) is 0. The molecule has 1 heterocycles. The fraction of sp³-hybridized carbons (Fsp3) is 0.889. The van der Waals surface area contributed by atoms with Gasteiger partial charge in [0.25, 0.3) is 0 Å².